The van der Waals surface area contributed by atoms with Crippen molar-refractivity contribution in [2.75, 3.05) is 20.1 Å². The lowest BCUT2D eigenvalue weighted by atomic mass is 9.95. The number of likely N-dealkylation sites (tertiary alicyclic amines) is 1. The van der Waals surface area contributed by atoms with Crippen LogP contribution < -0.4 is 5.32 Å². The number of fused-ring (bicyclic) bond motifs is 2. The summed E-state index contributed by atoms with van der Waals surface area (Å²) in [5.74, 6) is 0.433. The summed E-state index contributed by atoms with van der Waals surface area (Å²) in [4.78, 5) is 16.0. The van der Waals surface area contributed by atoms with Gasteiger partial charge in [-0.3, -0.25) is 9.69 Å². The number of hydrogen-bond acceptors (Lipinski definition) is 3. The molecule has 1 amide bonds. The van der Waals surface area contributed by atoms with Crippen LogP contribution in [0.5, 0.6) is 0 Å². The fourth-order valence-electron chi connectivity index (χ4n) is 4.76. The first-order chi connectivity index (χ1) is 14.2. The predicted octanol–water partition coefficient (Wildman–Crippen LogP) is 4.74. The van der Waals surface area contributed by atoms with Gasteiger partial charge in [0, 0.05) is 54.9 Å². The van der Waals surface area contributed by atoms with Gasteiger partial charge in [0.05, 0.1) is 4.88 Å². The number of thiophene rings is 1. The third-order valence-electron chi connectivity index (χ3n) is 6.12. The van der Waals surface area contributed by atoms with E-state index in [1.807, 2.05) is 0 Å². The number of hydrogen-bond donors (Lipinski definition) is 1. The smallest absolute Gasteiger partial charge is 0.261 e. The molecule has 3 heterocycles. The van der Waals surface area contributed by atoms with Crippen LogP contribution in [0.15, 0.2) is 54.7 Å². The first-order valence-electron chi connectivity index (χ1n) is 10.1. The summed E-state index contributed by atoms with van der Waals surface area (Å²) in [6.07, 6.45) is 3.35. The molecule has 4 nitrogen and oxygen atoms in total. The van der Waals surface area contributed by atoms with E-state index in [2.05, 4.69) is 76.6 Å². The number of aromatic nitrogens is 1. The predicted molar refractivity (Wildman–Crippen MR) is 121 cm³/mol. The molecule has 1 aliphatic rings. The van der Waals surface area contributed by atoms with Crippen molar-refractivity contribution < 1.29 is 4.79 Å². The Balaban J connectivity index is 1.44. The van der Waals surface area contributed by atoms with Crippen molar-refractivity contribution in [3.8, 4) is 0 Å². The molecule has 0 spiro atoms. The zero-order chi connectivity index (χ0) is 20.0. The summed E-state index contributed by atoms with van der Waals surface area (Å²) >= 11 is 1.62. The Bertz CT molecular complexity index is 1210. The Kier molecular flexibility index (Phi) is 4.64. The second-order valence-electron chi connectivity index (χ2n) is 7.92. The number of carbonyl (C=O) groups is 1. The average Bonchev–Trinajstić information content (AvgIpc) is 3.44. The largest absolute Gasteiger partial charge is 0.354 e. The summed E-state index contributed by atoms with van der Waals surface area (Å²) in [6.45, 7) is 3.01. The fourth-order valence-corrected chi connectivity index (χ4v) is 5.99. The minimum absolute atomic E-state index is 0.0358. The molecule has 1 saturated heterocycles. The molecule has 1 atom stereocenters. The van der Waals surface area contributed by atoms with Crippen LogP contribution in [0.3, 0.4) is 0 Å². The van der Waals surface area contributed by atoms with Crippen LogP contribution >= 0.6 is 11.3 Å². The lowest BCUT2D eigenvalue weighted by Gasteiger charge is -2.16. The Hall–Kier alpha value is -2.63. The third kappa shape index (κ3) is 3.15. The van der Waals surface area contributed by atoms with Crippen molar-refractivity contribution in [2.45, 2.75) is 18.9 Å². The quantitative estimate of drug-likeness (QED) is 0.534. The van der Waals surface area contributed by atoms with Gasteiger partial charge < -0.3 is 9.88 Å². The molecule has 29 heavy (non-hydrogen) atoms. The van der Waals surface area contributed by atoms with Gasteiger partial charge in [-0.15, -0.1) is 11.3 Å². The minimum Gasteiger partial charge on any atom is -0.354 e. The van der Waals surface area contributed by atoms with E-state index in [0.717, 1.165) is 30.9 Å². The maximum absolute atomic E-state index is 12.6. The third-order valence-corrected chi connectivity index (χ3v) is 7.31. The number of aryl methyl sites for hydroxylation is 1. The molecule has 4 aromatic rings. The lowest BCUT2D eigenvalue weighted by molar-refractivity contribution is 0.0966. The van der Waals surface area contributed by atoms with Gasteiger partial charge in [-0.05, 0) is 41.6 Å². The Morgan fingerprint density at radius 3 is 2.72 bits per heavy atom. The van der Waals surface area contributed by atoms with Crippen LogP contribution in [0.4, 0.5) is 0 Å². The maximum atomic E-state index is 12.6. The van der Waals surface area contributed by atoms with E-state index in [0.29, 0.717) is 5.92 Å². The van der Waals surface area contributed by atoms with Crippen molar-refractivity contribution >= 4 is 38.2 Å². The van der Waals surface area contributed by atoms with Crippen molar-refractivity contribution in [1.29, 1.82) is 0 Å². The second-order valence-corrected chi connectivity index (χ2v) is 8.98. The molecule has 1 N–H and O–H groups in total. The highest BCUT2D eigenvalue weighted by atomic mass is 32.1. The number of amides is 1. The monoisotopic (exact) mass is 403 g/mol. The molecule has 2 aromatic heterocycles. The lowest BCUT2D eigenvalue weighted by Crippen LogP contribution is -2.21. The molecule has 2 aromatic carbocycles. The first kappa shape index (κ1) is 18.4. The number of carbonyl (C=O) groups excluding carboxylic acids is 1. The Morgan fingerprint density at radius 1 is 1.14 bits per heavy atom. The molecule has 5 rings (SSSR count). The molecule has 1 aliphatic heterocycles. The normalized spacial score (nSPS) is 17.4. The molecule has 1 unspecified atom stereocenters. The van der Waals surface area contributed by atoms with Crippen LogP contribution in [-0.2, 0) is 13.6 Å². The van der Waals surface area contributed by atoms with Gasteiger partial charge in [0.15, 0.2) is 0 Å². The molecule has 1 fully saturated rings. The van der Waals surface area contributed by atoms with E-state index in [-0.39, 0.29) is 5.91 Å². The van der Waals surface area contributed by atoms with Crippen LogP contribution in [0.25, 0.3) is 21.0 Å². The average molecular weight is 404 g/mol. The van der Waals surface area contributed by atoms with Crippen molar-refractivity contribution in [3.63, 3.8) is 0 Å². The maximum Gasteiger partial charge on any atom is 0.261 e. The molecular weight excluding hydrogens is 378 g/mol. The number of nitrogens with zero attached hydrogens (tertiary/aromatic N) is 2. The van der Waals surface area contributed by atoms with Gasteiger partial charge in [0.2, 0.25) is 0 Å². The Morgan fingerprint density at radius 2 is 1.90 bits per heavy atom. The van der Waals surface area contributed by atoms with Gasteiger partial charge >= 0.3 is 0 Å². The van der Waals surface area contributed by atoms with E-state index in [1.165, 1.54) is 32.1 Å². The van der Waals surface area contributed by atoms with E-state index >= 15 is 0 Å². The molecular formula is C24H25N3OS. The van der Waals surface area contributed by atoms with Crippen LogP contribution in [-0.4, -0.2) is 35.5 Å². The Labute approximate surface area is 174 Å². The summed E-state index contributed by atoms with van der Waals surface area (Å²) < 4.78 is 3.42. The van der Waals surface area contributed by atoms with Gasteiger partial charge in [-0.2, -0.15) is 0 Å². The minimum atomic E-state index is 0.0358. The van der Waals surface area contributed by atoms with Crippen LogP contribution in [0, 0.1) is 0 Å². The van der Waals surface area contributed by atoms with Crippen LogP contribution in [0.1, 0.15) is 33.1 Å². The highest BCUT2D eigenvalue weighted by Gasteiger charge is 2.30. The van der Waals surface area contributed by atoms with Gasteiger partial charge in [-0.1, -0.05) is 36.4 Å². The van der Waals surface area contributed by atoms with Crippen molar-refractivity contribution in [1.82, 2.24) is 14.8 Å². The number of nitrogens with one attached hydrogen (secondary N) is 1. The zero-order valence-electron chi connectivity index (χ0n) is 16.8. The number of rotatable bonds is 4. The van der Waals surface area contributed by atoms with Crippen molar-refractivity contribution in [3.05, 3.63) is 70.7 Å². The van der Waals surface area contributed by atoms with E-state index in [9.17, 15) is 4.79 Å². The second kappa shape index (κ2) is 7.32. The number of para-hydroxylation sites is 1. The molecule has 0 aliphatic carbocycles. The summed E-state index contributed by atoms with van der Waals surface area (Å²) in [6, 6.07) is 17.0. The molecule has 0 bridgehead atoms. The van der Waals surface area contributed by atoms with E-state index < -0.39 is 0 Å². The van der Waals surface area contributed by atoms with Crippen molar-refractivity contribution in [2.24, 2.45) is 7.05 Å². The highest BCUT2D eigenvalue weighted by Crippen LogP contribution is 2.40. The highest BCUT2D eigenvalue weighted by molar-refractivity contribution is 7.21. The molecule has 0 radical (unpaired) electrons. The SMILES string of the molecule is CNC(=O)c1sc2ccccc2c1C1CCN(Cc2cn(C)c3ccccc23)C1. The topological polar surface area (TPSA) is 37.3 Å². The summed E-state index contributed by atoms with van der Waals surface area (Å²) in [5.41, 5.74) is 3.90. The van der Waals surface area contributed by atoms with E-state index in [4.69, 9.17) is 0 Å². The fraction of sp³-hybridized carbons (Fsp3) is 0.292. The van der Waals surface area contributed by atoms with E-state index in [1.54, 1.807) is 18.4 Å². The number of benzene rings is 2. The molecule has 0 saturated carbocycles. The molecule has 5 heteroatoms. The summed E-state index contributed by atoms with van der Waals surface area (Å²) in [5, 5.41) is 5.42. The van der Waals surface area contributed by atoms with Gasteiger partial charge in [0.25, 0.3) is 5.91 Å². The van der Waals surface area contributed by atoms with Crippen LogP contribution in [0.2, 0.25) is 0 Å². The zero-order valence-corrected chi connectivity index (χ0v) is 17.6. The van der Waals surface area contributed by atoms with Gasteiger partial charge in [0.1, 0.15) is 0 Å². The molecule has 148 valence electrons. The summed E-state index contributed by atoms with van der Waals surface area (Å²) in [7, 11) is 3.84. The van der Waals surface area contributed by atoms with Gasteiger partial charge in [-0.25, -0.2) is 0 Å². The standard InChI is InChI=1S/C24H25N3OS/c1-25-24(28)23-22(19-8-4-6-10-21(19)29-23)16-11-12-27(14-16)15-17-13-26(2)20-9-5-3-7-18(17)20/h3-10,13,16H,11-12,14-15H2,1-2H3,(H,25,28). The first-order valence-corrected chi connectivity index (χ1v) is 11.0.